The number of nitrogens with two attached hydrogens (primary N) is 2. The first kappa shape index (κ1) is 28.3. The summed E-state index contributed by atoms with van der Waals surface area (Å²) in [5, 5.41) is 16.6. The maximum Gasteiger partial charge on any atom is 0.326 e. The van der Waals surface area contributed by atoms with E-state index in [1.165, 1.54) is 6.92 Å². The minimum Gasteiger partial charge on any atom is -0.480 e. The summed E-state index contributed by atoms with van der Waals surface area (Å²) in [6.45, 7) is 8.70. The molecule has 178 valence electrons. The molecule has 0 fully saturated rings. The summed E-state index contributed by atoms with van der Waals surface area (Å²) in [5.74, 6) is -3.86. The maximum absolute atomic E-state index is 12.7. The van der Waals surface area contributed by atoms with Gasteiger partial charge in [0, 0.05) is 6.42 Å². The first-order chi connectivity index (χ1) is 14.3. The molecule has 5 unspecified atom stereocenters. The topological polar surface area (TPSA) is 194 Å². The summed E-state index contributed by atoms with van der Waals surface area (Å²) in [7, 11) is 0. The second-order valence-electron chi connectivity index (χ2n) is 8.24. The van der Waals surface area contributed by atoms with Crippen molar-refractivity contribution in [2.75, 3.05) is 0 Å². The number of carbonyl (C=O) groups excluding carboxylic acids is 4. The lowest BCUT2D eigenvalue weighted by Crippen LogP contribution is -2.57. The third-order valence-corrected chi connectivity index (χ3v) is 4.95. The molecule has 0 rings (SSSR count). The van der Waals surface area contributed by atoms with Crippen molar-refractivity contribution in [3.63, 3.8) is 0 Å². The van der Waals surface area contributed by atoms with E-state index in [0.717, 1.165) is 0 Å². The van der Waals surface area contributed by atoms with Crippen molar-refractivity contribution in [2.45, 2.75) is 84.5 Å². The van der Waals surface area contributed by atoms with E-state index in [1.807, 2.05) is 20.8 Å². The van der Waals surface area contributed by atoms with Crippen LogP contribution in [0.25, 0.3) is 0 Å². The summed E-state index contributed by atoms with van der Waals surface area (Å²) in [5.41, 5.74) is 11.0. The SMILES string of the molecule is CCC(C)C(N)C(=O)NC(CCC(N)=O)C(=O)NC(C)C(=O)NC(CC(C)C)C(=O)O. The Labute approximate surface area is 183 Å². The maximum atomic E-state index is 12.7. The Hall–Kier alpha value is -2.69. The smallest absolute Gasteiger partial charge is 0.326 e. The second kappa shape index (κ2) is 13.6. The van der Waals surface area contributed by atoms with Crippen LogP contribution in [0.3, 0.4) is 0 Å². The molecule has 0 aromatic heterocycles. The van der Waals surface area contributed by atoms with E-state index in [-0.39, 0.29) is 31.1 Å². The van der Waals surface area contributed by atoms with Crippen LogP contribution in [-0.4, -0.2) is 58.9 Å². The molecule has 0 heterocycles. The van der Waals surface area contributed by atoms with E-state index in [0.29, 0.717) is 6.42 Å². The number of carbonyl (C=O) groups is 5. The van der Waals surface area contributed by atoms with Crippen molar-refractivity contribution in [1.29, 1.82) is 0 Å². The third-order valence-electron chi connectivity index (χ3n) is 4.95. The van der Waals surface area contributed by atoms with Gasteiger partial charge in [-0.1, -0.05) is 34.1 Å². The number of carboxylic acids is 1. The molecule has 0 aliphatic rings. The highest BCUT2D eigenvalue weighted by Crippen LogP contribution is 2.08. The van der Waals surface area contributed by atoms with Crippen molar-refractivity contribution >= 4 is 29.6 Å². The monoisotopic (exact) mass is 443 g/mol. The van der Waals surface area contributed by atoms with Crippen molar-refractivity contribution in [1.82, 2.24) is 16.0 Å². The minimum atomic E-state index is -1.17. The van der Waals surface area contributed by atoms with Gasteiger partial charge in [0.15, 0.2) is 0 Å². The van der Waals surface area contributed by atoms with Gasteiger partial charge in [-0.2, -0.15) is 0 Å². The molecule has 11 nitrogen and oxygen atoms in total. The molecule has 0 aliphatic carbocycles. The molecule has 11 heteroatoms. The Kier molecular flexibility index (Phi) is 12.4. The normalized spacial score (nSPS) is 15.8. The van der Waals surface area contributed by atoms with Gasteiger partial charge in [0.25, 0.3) is 0 Å². The zero-order valence-electron chi connectivity index (χ0n) is 18.9. The lowest BCUT2D eigenvalue weighted by molar-refractivity contribution is -0.142. The zero-order valence-corrected chi connectivity index (χ0v) is 18.9. The van der Waals surface area contributed by atoms with E-state index < -0.39 is 53.8 Å². The molecular formula is C20H37N5O6. The highest BCUT2D eigenvalue weighted by molar-refractivity contribution is 5.94. The van der Waals surface area contributed by atoms with Crippen LogP contribution in [0.2, 0.25) is 0 Å². The minimum absolute atomic E-state index is 0.0365. The predicted molar refractivity (Wildman–Crippen MR) is 114 cm³/mol. The van der Waals surface area contributed by atoms with Crippen LogP contribution in [0.5, 0.6) is 0 Å². The number of carboxylic acid groups (broad SMARTS) is 1. The molecule has 5 atom stereocenters. The Morgan fingerprint density at radius 1 is 0.871 bits per heavy atom. The van der Waals surface area contributed by atoms with Gasteiger partial charge in [0.1, 0.15) is 18.1 Å². The van der Waals surface area contributed by atoms with Gasteiger partial charge in [-0.05, 0) is 31.6 Å². The molecule has 4 amide bonds. The fourth-order valence-corrected chi connectivity index (χ4v) is 2.70. The van der Waals surface area contributed by atoms with Crippen molar-refractivity contribution in [3.05, 3.63) is 0 Å². The van der Waals surface area contributed by atoms with Gasteiger partial charge >= 0.3 is 5.97 Å². The molecule has 0 radical (unpaired) electrons. The number of hydrogen-bond donors (Lipinski definition) is 6. The Bertz CT molecular complexity index is 654. The fourth-order valence-electron chi connectivity index (χ4n) is 2.70. The summed E-state index contributed by atoms with van der Waals surface area (Å²) in [6.07, 6.45) is 0.657. The van der Waals surface area contributed by atoms with Crippen LogP contribution >= 0.6 is 0 Å². The first-order valence-corrected chi connectivity index (χ1v) is 10.5. The average Bonchev–Trinajstić information content (AvgIpc) is 2.68. The van der Waals surface area contributed by atoms with Crippen LogP contribution in [0.15, 0.2) is 0 Å². The molecule has 0 aliphatic heterocycles. The summed E-state index contributed by atoms with van der Waals surface area (Å²) in [4.78, 5) is 59.8. The third kappa shape index (κ3) is 10.8. The number of rotatable bonds is 14. The molecule has 0 saturated heterocycles. The van der Waals surface area contributed by atoms with Crippen LogP contribution < -0.4 is 27.4 Å². The lowest BCUT2D eigenvalue weighted by atomic mass is 9.98. The van der Waals surface area contributed by atoms with E-state index >= 15 is 0 Å². The van der Waals surface area contributed by atoms with Gasteiger partial charge in [0.2, 0.25) is 23.6 Å². The quantitative estimate of drug-likeness (QED) is 0.203. The molecule has 0 saturated carbocycles. The Morgan fingerprint density at radius 3 is 1.87 bits per heavy atom. The van der Waals surface area contributed by atoms with Crippen LogP contribution in [0.1, 0.15) is 60.3 Å². The van der Waals surface area contributed by atoms with E-state index in [4.69, 9.17) is 11.5 Å². The van der Waals surface area contributed by atoms with Gasteiger partial charge in [-0.3, -0.25) is 19.2 Å². The van der Waals surface area contributed by atoms with Crippen LogP contribution in [0.4, 0.5) is 0 Å². The number of amides is 4. The highest BCUT2D eigenvalue weighted by atomic mass is 16.4. The van der Waals surface area contributed by atoms with Gasteiger partial charge in [-0.15, -0.1) is 0 Å². The largest absolute Gasteiger partial charge is 0.480 e. The number of hydrogen-bond acceptors (Lipinski definition) is 6. The van der Waals surface area contributed by atoms with Gasteiger partial charge < -0.3 is 32.5 Å². The zero-order chi connectivity index (χ0) is 24.3. The average molecular weight is 444 g/mol. The predicted octanol–water partition coefficient (Wildman–Crippen LogP) is -0.770. The van der Waals surface area contributed by atoms with Crippen molar-refractivity contribution in [3.8, 4) is 0 Å². The van der Waals surface area contributed by atoms with Crippen molar-refractivity contribution < 1.29 is 29.1 Å². The molecule has 0 bridgehead atoms. The number of nitrogens with one attached hydrogen (secondary N) is 3. The van der Waals surface area contributed by atoms with Gasteiger partial charge in [-0.25, -0.2) is 4.79 Å². The van der Waals surface area contributed by atoms with Gasteiger partial charge in [0.05, 0.1) is 6.04 Å². The highest BCUT2D eigenvalue weighted by Gasteiger charge is 2.29. The number of aliphatic carboxylic acids is 1. The molecular weight excluding hydrogens is 406 g/mol. The van der Waals surface area contributed by atoms with E-state index in [9.17, 15) is 29.1 Å². The van der Waals surface area contributed by atoms with Crippen LogP contribution in [-0.2, 0) is 24.0 Å². The second-order valence-corrected chi connectivity index (χ2v) is 8.24. The molecule has 31 heavy (non-hydrogen) atoms. The molecule has 0 aromatic rings. The molecule has 0 aromatic carbocycles. The molecule has 8 N–H and O–H groups in total. The Morgan fingerprint density at radius 2 is 1.42 bits per heavy atom. The fraction of sp³-hybridized carbons (Fsp3) is 0.750. The van der Waals surface area contributed by atoms with E-state index in [1.54, 1.807) is 6.92 Å². The summed E-state index contributed by atoms with van der Waals surface area (Å²) >= 11 is 0. The molecule has 0 spiro atoms. The lowest BCUT2D eigenvalue weighted by Gasteiger charge is -2.25. The summed E-state index contributed by atoms with van der Waals surface area (Å²) in [6, 6.07) is -4.14. The standard InChI is InChI=1S/C20H37N5O6/c1-6-11(4)16(22)19(29)24-13(7-8-15(21)26)18(28)23-12(5)17(27)25-14(20(30)31)9-10(2)3/h10-14,16H,6-9,22H2,1-5H3,(H2,21,26)(H,23,28)(H,24,29)(H,25,27)(H,30,31). The van der Waals surface area contributed by atoms with E-state index in [2.05, 4.69) is 16.0 Å². The first-order valence-electron chi connectivity index (χ1n) is 10.5. The van der Waals surface area contributed by atoms with Crippen molar-refractivity contribution in [2.24, 2.45) is 23.3 Å². The summed E-state index contributed by atoms with van der Waals surface area (Å²) < 4.78 is 0. The number of primary amides is 1. The van der Waals surface area contributed by atoms with Crippen LogP contribution in [0, 0.1) is 11.8 Å². The Balaban J connectivity index is 5.17.